The molecule has 390 valence electrons. The first-order valence-corrected chi connectivity index (χ1v) is 29.7. The summed E-state index contributed by atoms with van der Waals surface area (Å²) in [5.74, 6) is 0. The molecule has 18 rings (SSSR count). The molecule has 18 aromatic rings. The van der Waals surface area contributed by atoms with Crippen LogP contribution in [0.15, 0.2) is 264 Å². The molecule has 8 heteroatoms. The number of furan rings is 2. The van der Waals surface area contributed by atoms with Gasteiger partial charge in [0.15, 0.2) is 5.58 Å². The minimum absolute atomic E-state index is 0.518. The van der Waals surface area contributed by atoms with Crippen LogP contribution in [0.25, 0.3) is 184 Å². The summed E-state index contributed by atoms with van der Waals surface area (Å²) < 4.78 is 18.1. The molecule has 0 fully saturated rings. The van der Waals surface area contributed by atoms with Gasteiger partial charge in [-0.25, -0.2) is 19.9 Å². The molecule has 0 atom stereocenters. The number of aromatic nitrogens is 4. The monoisotopic (exact) mass is 1110 g/mol. The van der Waals surface area contributed by atoms with Crippen molar-refractivity contribution >= 4 is 129 Å². The van der Waals surface area contributed by atoms with E-state index in [1.54, 1.807) is 6.33 Å². The highest BCUT2D eigenvalue weighted by atomic mass is 32.1. The van der Waals surface area contributed by atoms with E-state index in [4.69, 9.17) is 28.8 Å². The van der Waals surface area contributed by atoms with Gasteiger partial charge in [-0.3, -0.25) is 0 Å². The molecule has 6 heterocycles. The number of hydrogen-bond donors (Lipinski definition) is 0. The highest BCUT2D eigenvalue weighted by Gasteiger charge is 2.21. The fourth-order valence-electron chi connectivity index (χ4n) is 12.8. The molecule has 0 amide bonds. The van der Waals surface area contributed by atoms with Gasteiger partial charge in [-0.2, -0.15) is 0 Å². The summed E-state index contributed by atoms with van der Waals surface area (Å²) in [4.78, 5) is 19.9. The van der Waals surface area contributed by atoms with Crippen LogP contribution in [0, 0.1) is 0 Å². The van der Waals surface area contributed by atoms with Gasteiger partial charge in [0.25, 0.3) is 0 Å². The lowest BCUT2D eigenvalue weighted by atomic mass is 9.95. The van der Waals surface area contributed by atoms with Crippen LogP contribution in [0.3, 0.4) is 0 Å². The van der Waals surface area contributed by atoms with Crippen LogP contribution < -0.4 is 0 Å². The van der Waals surface area contributed by atoms with E-state index in [2.05, 4.69) is 243 Å². The van der Waals surface area contributed by atoms with Crippen molar-refractivity contribution in [3.05, 3.63) is 255 Å². The summed E-state index contributed by atoms with van der Waals surface area (Å²) in [6.07, 6.45) is 3.49. The van der Waals surface area contributed by atoms with Crippen molar-refractivity contribution in [3.8, 4) is 78.1 Å². The predicted molar refractivity (Wildman–Crippen MR) is 351 cm³/mol. The first kappa shape index (κ1) is 47.0. The van der Waals surface area contributed by atoms with Crippen molar-refractivity contribution in [1.82, 2.24) is 19.9 Å². The van der Waals surface area contributed by atoms with Crippen molar-refractivity contribution in [3.63, 3.8) is 0 Å². The normalized spacial score (nSPS) is 12.0. The summed E-state index contributed by atoms with van der Waals surface area (Å²) >= 11 is 3.69. The first-order valence-electron chi connectivity index (χ1n) is 28.0. The molecule has 84 heavy (non-hydrogen) atoms. The Labute approximate surface area is 487 Å². The molecular formula is C76H42N4O2S2. The van der Waals surface area contributed by atoms with Crippen LogP contribution in [0.1, 0.15) is 0 Å². The van der Waals surface area contributed by atoms with Crippen molar-refractivity contribution in [2.75, 3.05) is 0 Å². The smallest absolute Gasteiger partial charge is 0.246 e. The molecule has 0 aliphatic rings. The second-order valence-electron chi connectivity index (χ2n) is 21.6. The molecule has 0 N–H and O–H groups in total. The van der Waals surface area contributed by atoms with E-state index >= 15 is 0 Å². The predicted octanol–water partition coefficient (Wildman–Crippen LogP) is 21.8. The summed E-state index contributed by atoms with van der Waals surface area (Å²) in [6.45, 7) is 0. The summed E-state index contributed by atoms with van der Waals surface area (Å²) in [6, 6.07) is 87.2. The zero-order chi connectivity index (χ0) is 55.0. The van der Waals surface area contributed by atoms with Crippen LogP contribution in [-0.4, -0.2) is 19.9 Å². The van der Waals surface area contributed by atoms with Gasteiger partial charge < -0.3 is 8.83 Å². The number of nitrogens with zero attached hydrogens (tertiary/aromatic N) is 4. The van der Waals surface area contributed by atoms with Gasteiger partial charge in [0.1, 0.15) is 34.2 Å². The van der Waals surface area contributed by atoms with Crippen LogP contribution >= 0.6 is 22.7 Å². The van der Waals surface area contributed by atoms with Gasteiger partial charge in [0, 0.05) is 56.9 Å². The van der Waals surface area contributed by atoms with Crippen LogP contribution in [0.5, 0.6) is 0 Å². The van der Waals surface area contributed by atoms with Gasteiger partial charge in [-0.1, -0.05) is 182 Å². The Morgan fingerprint density at radius 2 is 0.905 bits per heavy atom. The van der Waals surface area contributed by atoms with E-state index in [0.717, 1.165) is 105 Å². The maximum absolute atomic E-state index is 6.60. The molecule has 0 saturated heterocycles. The highest BCUT2D eigenvalue weighted by Crippen LogP contribution is 2.46. The molecule has 6 nitrogen and oxygen atoms in total. The summed E-state index contributed by atoms with van der Waals surface area (Å²) in [7, 11) is 0. The van der Waals surface area contributed by atoms with Crippen molar-refractivity contribution in [1.29, 1.82) is 0 Å². The fourth-order valence-corrected chi connectivity index (χ4v) is 15.3. The lowest BCUT2D eigenvalue weighted by Crippen LogP contribution is -1.88. The lowest BCUT2D eigenvalue weighted by molar-refractivity contribution is 0.653. The third-order valence-corrected chi connectivity index (χ3v) is 19.3. The second-order valence-corrected chi connectivity index (χ2v) is 23.7. The molecule has 0 spiro atoms. The average Bonchev–Trinajstić information content (AvgIpc) is 3.30. The topological polar surface area (TPSA) is 77.8 Å². The lowest BCUT2D eigenvalue weighted by Gasteiger charge is -2.09. The third kappa shape index (κ3) is 7.41. The first-order chi connectivity index (χ1) is 41.6. The van der Waals surface area contributed by atoms with E-state index < -0.39 is 0 Å². The molecular weight excluding hydrogens is 1060 g/mol. The van der Waals surface area contributed by atoms with E-state index in [1.165, 1.54) is 67.8 Å². The number of rotatable bonds is 7. The van der Waals surface area contributed by atoms with Crippen LogP contribution in [0.4, 0.5) is 0 Å². The van der Waals surface area contributed by atoms with Crippen molar-refractivity contribution in [2.24, 2.45) is 0 Å². The molecule has 0 saturated carbocycles. The Hall–Kier alpha value is -10.6. The fraction of sp³-hybridized carbons (Fsp3) is 0. The standard InChI is InChI=1S/C76H42N4O2S2/c1-2-12-44-35-47(28-27-43(44)11-1)48-29-32-65-63(39-48)71-73(81-65)70(78-42-79-71)53-18-7-16-50(38-53)56-22-10-25-61-62-40-51(30-34-68(62)84-75(56)61)54-20-8-23-59-57(54)31-33-66-69(59)72-76(82-66)77-41-64(80-72)52-17-6-14-46(37-52)45-13-5-15-49(36-45)55-21-9-24-60-58-19-3-4-26-67(58)83-74(55)60/h1-42H. The van der Waals surface area contributed by atoms with Gasteiger partial charge in [-0.05, 0) is 138 Å². The van der Waals surface area contributed by atoms with Gasteiger partial charge in [0.2, 0.25) is 5.71 Å². The van der Waals surface area contributed by atoms with Crippen LogP contribution in [0.2, 0.25) is 0 Å². The van der Waals surface area contributed by atoms with Gasteiger partial charge >= 0.3 is 0 Å². The molecule has 0 bridgehead atoms. The summed E-state index contributed by atoms with van der Waals surface area (Å²) in [5, 5.41) is 11.6. The minimum Gasteiger partial charge on any atom is -0.452 e. The molecule has 0 aliphatic carbocycles. The van der Waals surface area contributed by atoms with E-state index in [9.17, 15) is 0 Å². The SMILES string of the molecule is c1cc(-c2cccc(-c3cccc4c3sc3ccccc34)c2)cc(-c2cnc3oc4ccc5c(-c6ccc7sc8c(-c9cccc(-c%10ncnc%11c%10oc%10ccc(-c%12ccc%13ccccc%13c%12)cc%10%11)c9)cccc8c7c6)cccc5c4c3n2)c1. The third-order valence-electron chi connectivity index (χ3n) is 16.9. The Morgan fingerprint density at radius 3 is 1.74 bits per heavy atom. The van der Waals surface area contributed by atoms with Crippen molar-refractivity contribution < 1.29 is 8.83 Å². The summed E-state index contributed by atoms with van der Waals surface area (Å²) in [5.41, 5.74) is 19.3. The van der Waals surface area contributed by atoms with Crippen LogP contribution in [-0.2, 0) is 0 Å². The largest absolute Gasteiger partial charge is 0.452 e. The molecule has 0 unspecified atom stereocenters. The van der Waals surface area contributed by atoms with Gasteiger partial charge in [0.05, 0.1) is 17.3 Å². The van der Waals surface area contributed by atoms with E-state index in [0.29, 0.717) is 11.3 Å². The number of fused-ring (bicyclic) bond motifs is 15. The quantitative estimate of drug-likeness (QED) is 0.158. The molecule has 6 aromatic heterocycles. The molecule has 0 aliphatic heterocycles. The van der Waals surface area contributed by atoms with Gasteiger partial charge in [-0.15, -0.1) is 22.7 Å². The second kappa shape index (κ2) is 18.4. The number of hydrogen-bond acceptors (Lipinski definition) is 8. The Bertz CT molecular complexity index is 5790. The zero-order valence-corrected chi connectivity index (χ0v) is 46.3. The minimum atomic E-state index is 0.518. The zero-order valence-electron chi connectivity index (χ0n) is 44.7. The van der Waals surface area contributed by atoms with Crippen molar-refractivity contribution in [2.45, 2.75) is 0 Å². The number of thiophene rings is 2. The average molecular weight is 1110 g/mol. The Morgan fingerprint density at radius 1 is 0.321 bits per heavy atom. The Balaban J connectivity index is 0.677. The highest BCUT2D eigenvalue weighted by molar-refractivity contribution is 7.26. The number of benzene rings is 12. The van der Waals surface area contributed by atoms with E-state index in [1.807, 2.05) is 28.9 Å². The molecule has 0 radical (unpaired) electrons. The molecule has 12 aromatic carbocycles. The Kier molecular flexibility index (Phi) is 10.3. The maximum Gasteiger partial charge on any atom is 0.246 e. The maximum atomic E-state index is 6.60. The van der Waals surface area contributed by atoms with E-state index in [-0.39, 0.29) is 0 Å².